The summed E-state index contributed by atoms with van der Waals surface area (Å²) in [6.45, 7) is 4.58. The first kappa shape index (κ1) is 16.2. The summed E-state index contributed by atoms with van der Waals surface area (Å²) in [7, 11) is 0. The van der Waals surface area contributed by atoms with Crippen LogP contribution in [0, 0.1) is 6.92 Å². The number of carbonyl (C=O) groups excluding carboxylic acids is 1. The number of carbonyl (C=O) groups is 1. The summed E-state index contributed by atoms with van der Waals surface area (Å²) in [6.07, 6.45) is 2.46. The van der Waals surface area contributed by atoms with Crippen LogP contribution < -0.4 is 0 Å². The fourth-order valence-corrected chi connectivity index (χ4v) is 2.60. The van der Waals surface area contributed by atoms with Crippen LogP contribution >= 0.6 is 0 Å². The third-order valence-electron chi connectivity index (χ3n) is 3.71. The van der Waals surface area contributed by atoms with E-state index in [4.69, 9.17) is 0 Å². The van der Waals surface area contributed by atoms with Crippen LogP contribution in [0.1, 0.15) is 36.3 Å². The number of nitrogens with one attached hydrogen (secondary N) is 1. The number of rotatable bonds is 7. The minimum Gasteiger partial charge on any atom is -0.395 e. The monoisotopic (exact) mass is 301 g/mol. The number of aromatic amines is 1. The summed E-state index contributed by atoms with van der Waals surface area (Å²) in [5, 5.41) is 9.27. The first-order chi connectivity index (χ1) is 10.7. The molecule has 1 aromatic heterocycles. The maximum absolute atomic E-state index is 12.9. The molecule has 0 aliphatic carbocycles. The molecule has 1 aromatic carbocycles. The third kappa shape index (κ3) is 3.95. The van der Waals surface area contributed by atoms with Gasteiger partial charge in [-0.1, -0.05) is 37.3 Å². The molecule has 0 spiro atoms. The van der Waals surface area contributed by atoms with Gasteiger partial charge in [-0.15, -0.1) is 0 Å². The zero-order valence-electron chi connectivity index (χ0n) is 13.1. The van der Waals surface area contributed by atoms with Gasteiger partial charge in [0, 0.05) is 6.54 Å². The lowest BCUT2D eigenvalue weighted by molar-refractivity contribution is -0.134. The Kier molecular flexibility index (Phi) is 5.72. The van der Waals surface area contributed by atoms with Crippen molar-refractivity contribution in [1.29, 1.82) is 0 Å². The van der Waals surface area contributed by atoms with Crippen LogP contribution in [0.5, 0.6) is 0 Å². The van der Waals surface area contributed by atoms with E-state index in [9.17, 15) is 9.90 Å². The van der Waals surface area contributed by atoms with Gasteiger partial charge in [0.1, 0.15) is 5.82 Å². The number of aryl methyl sites for hydroxylation is 1. The minimum atomic E-state index is -0.184. The van der Waals surface area contributed by atoms with Crippen molar-refractivity contribution in [2.75, 3.05) is 13.2 Å². The van der Waals surface area contributed by atoms with E-state index < -0.39 is 0 Å². The lowest BCUT2D eigenvalue weighted by atomic mass is 9.95. The van der Waals surface area contributed by atoms with E-state index in [1.165, 1.54) is 0 Å². The molecule has 1 atom stereocenters. The Morgan fingerprint density at radius 2 is 2.09 bits per heavy atom. The minimum absolute atomic E-state index is 0.0370. The van der Waals surface area contributed by atoms with Crippen molar-refractivity contribution in [2.24, 2.45) is 0 Å². The first-order valence-electron chi connectivity index (χ1n) is 7.60. The number of aliphatic hydroxyl groups excluding tert-OH is 1. The Balaban J connectivity index is 2.17. The fourth-order valence-electron chi connectivity index (χ4n) is 2.60. The molecule has 0 saturated carbocycles. The average Bonchev–Trinajstić information content (AvgIpc) is 2.94. The summed E-state index contributed by atoms with van der Waals surface area (Å²) in [4.78, 5) is 21.8. The summed E-state index contributed by atoms with van der Waals surface area (Å²) in [5.74, 6) is 0.674. The van der Waals surface area contributed by atoms with Gasteiger partial charge in [0.25, 0.3) is 0 Å². The Bertz CT molecular complexity index is 595. The fraction of sp³-hybridized carbons (Fsp3) is 0.412. The molecule has 1 amide bonds. The molecule has 2 N–H and O–H groups in total. The van der Waals surface area contributed by atoms with Gasteiger partial charge in [0.05, 0.1) is 31.0 Å². The molecule has 0 fully saturated rings. The molecule has 2 rings (SSSR count). The first-order valence-corrected chi connectivity index (χ1v) is 7.60. The molecule has 0 unspecified atom stereocenters. The summed E-state index contributed by atoms with van der Waals surface area (Å²) < 4.78 is 0. The second-order valence-electron chi connectivity index (χ2n) is 5.35. The molecule has 0 radical (unpaired) electrons. The number of benzene rings is 1. The average molecular weight is 301 g/mol. The molecule has 0 saturated heterocycles. The number of imidazole rings is 1. The molecule has 5 heteroatoms. The molecular weight excluding hydrogens is 278 g/mol. The van der Waals surface area contributed by atoms with Crippen LogP contribution in [0.3, 0.4) is 0 Å². The van der Waals surface area contributed by atoms with Crippen molar-refractivity contribution < 1.29 is 9.90 Å². The summed E-state index contributed by atoms with van der Waals surface area (Å²) in [6, 6.07) is 9.78. The van der Waals surface area contributed by atoms with Gasteiger partial charge in [-0.3, -0.25) is 4.79 Å². The number of hydrogen-bond donors (Lipinski definition) is 2. The summed E-state index contributed by atoms with van der Waals surface area (Å²) >= 11 is 0. The number of hydrogen-bond acceptors (Lipinski definition) is 3. The van der Waals surface area contributed by atoms with Crippen molar-refractivity contribution in [3.05, 3.63) is 53.6 Å². The highest BCUT2D eigenvalue weighted by atomic mass is 16.3. The van der Waals surface area contributed by atoms with Crippen LogP contribution in [-0.2, 0) is 11.3 Å². The number of aliphatic hydroxyl groups is 1. The maximum Gasteiger partial charge on any atom is 0.230 e. The molecule has 2 aromatic rings. The number of H-pyrrole nitrogens is 1. The molecule has 0 bridgehead atoms. The third-order valence-corrected chi connectivity index (χ3v) is 3.71. The quantitative estimate of drug-likeness (QED) is 0.824. The Morgan fingerprint density at radius 3 is 2.64 bits per heavy atom. The van der Waals surface area contributed by atoms with E-state index in [1.54, 1.807) is 11.1 Å². The zero-order valence-corrected chi connectivity index (χ0v) is 13.1. The number of nitrogens with zero attached hydrogens (tertiary/aromatic N) is 2. The van der Waals surface area contributed by atoms with Crippen LogP contribution in [-0.4, -0.2) is 39.0 Å². The topological polar surface area (TPSA) is 69.2 Å². The predicted octanol–water partition coefficient (Wildman–Crippen LogP) is 2.23. The van der Waals surface area contributed by atoms with E-state index in [2.05, 4.69) is 9.97 Å². The smallest absolute Gasteiger partial charge is 0.230 e. The Morgan fingerprint density at radius 1 is 1.36 bits per heavy atom. The SMILES string of the molecule is CC[C@@H](C(=O)N(CCO)Cc1cnc(C)[nH]1)c1ccccc1. The van der Waals surface area contributed by atoms with E-state index in [1.807, 2.05) is 44.2 Å². The van der Waals surface area contributed by atoms with E-state index in [-0.39, 0.29) is 18.4 Å². The van der Waals surface area contributed by atoms with Gasteiger partial charge in [-0.05, 0) is 18.9 Å². The second-order valence-corrected chi connectivity index (χ2v) is 5.35. The number of amides is 1. The lowest BCUT2D eigenvalue weighted by Gasteiger charge is -2.26. The largest absolute Gasteiger partial charge is 0.395 e. The zero-order chi connectivity index (χ0) is 15.9. The number of aromatic nitrogens is 2. The molecule has 0 aliphatic rings. The van der Waals surface area contributed by atoms with Crippen LogP contribution in [0.15, 0.2) is 36.5 Å². The predicted molar refractivity (Wildman–Crippen MR) is 85.3 cm³/mol. The second kappa shape index (κ2) is 7.75. The van der Waals surface area contributed by atoms with Crippen LogP contribution in [0.2, 0.25) is 0 Å². The standard InChI is InChI=1S/C17H23N3O2/c1-3-16(14-7-5-4-6-8-14)17(22)20(9-10-21)12-15-11-18-13(2)19-15/h4-8,11,16,21H,3,9-10,12H2,1-2H3,(H,18,19)/t16-/m1/s1. The van der Waals surface area contributed by atoms with Gasteiger partial charge < -0.3 is 15.0 Å². The highest BCUT2D eigenvalue weighted by molar-refractivity contribution is 5.83. The van der Waals surface area contributed by atoms with Crippen molar-refractivity contribution >= 4 is 5.91 Å². The van der Waals surface area contributed by atoms with Crippen molar-refractivity contribution in [3.63, 3.8) is 0 Å². The van der Waals surface area contributed by atoms with Gasteiger partial charge in [0.15, 0.2) is 0 Å². The van der Waals surface area contributed by atoms with Crippen molar-refractivity contribution in [2.45, 2.75) is 32.7 Å². The maximum atomic E-state index is 12.9. The highest BCUT2D eigenvalue weighted by Gasteiger charge is 2.24. The molecule has 1 heterocycles. The van der Waals surface area contributed by atoms with Crippen LogP contribution in [0.25, 0.3) is 0 Å². The van der Waals surface area contributed by atoms with Gasteiger partial charge in [0.2, 0.25) is 5.91 Å². The van der Waals surface area contributed by atoms with Crippen molar-refractivity contribution in [3.8, 4) is 0 Å². The van der Waals surface area contributed by atoms with Crippen LogP contribution in [0.4, 0.5) is 0 Å². The molecule has 0 aliphatic heterocycles. The summed E-state index contributed by atoms with van der Waals surface area (Å²) in [5.41, 5.74) is 1.89. The molecule has 22 heavy (non-hydrogen) atoms. The van der Waals surface area contributed by atoms with Gasteiger partial charge in [-0.25, -0.2) is 4.98 Å². The van der Waals surface area contributed by atoms with E-state index in [0.29, 0.717) is 13.1 Å². The van der Waals surface area contributed by atoms with Gasteiger partial charge in [-0.2, -0.15) is 0 Å². The lowest BCUT2D eigenvalue weighted by Crippen LogP contribution is -2.36. The Labute approximate surface area is 131 Å². The Hall–Kier alpha value is -2.14. The molecule has 5 nitrogen and oxygen atoms in total. The normalized spacial score (nSPS) is 12.1. The highest BCUT2D eigenvalue weighted by Crippen LogP contribution is 2.22. The van der Waals surface area contributed by atoms with E-state index >= 15 is 0 Å². The van der Waals surface area contributed by atoms with Gasteiger partial charge >= 0.3 is 0 Å². The van der Waals surface area contributed by atoms with E-state index in [0.717, 1.165) is 23.5 Å². The molecule has 118 valence electrons. The van der Waals surface area contributed by atoms with Crippen molar-refractivity contribution in [1.82, 2.24) is 14.9 Å². The molecular formula is C17H23N3O2.